The van der Waals surface area contributed by atoms with E-state index < -0.39 is 11.9 Å². The predicted octanol–water partition coefficient (Wildman–Crippen LogP) is 4.34. The minimum atomic E-state index is -0.670. The van der Waals surface area contributed by atoms with E-state index in [0.717, 1.165) is 29.5 Å². The number of carbonyl (C=O) groups excluding carboxylic acids is 2. The molecular formula is C33H30N4O5. The number of benzene rings is 2. The molecule has 5 aromatic rings. The molecule has 1 atom stereocenters. The van der Waals surface area contributed by atoms with Crippen LogP contribution in [0.15, 0.2) is 94.8 Å². The molecule has 1 amide bonds. The highest BCUT2D eigenvalue weighted by atomic mass is 16.5. The number of rotatable bonds is 7. The second-order valence-corrected chi connectivity index (χ2v) is 10.2. The zero-order valence-electron chi connectivity index (χ0n) is 23.2. The van der Waals surface area contributed by atoms with Crippen molar-refractivity contribution in [2.24, 2.45) is 4.99 Å². The lowest BCUT2D eigenvalue weighted by Crippen LogP contribution is -2.35. The van der Waals surface area contributed by atoms with E-state index in [4.69, 9.17) is 14.5 Å². The fourth-order valence-corrected chi connectivity index (χ4v) is 5.30. The van der Waals surface area contributed by atoms with Crippen molar-refractivity contribution < 1.29 is 19.1 Å². The maximum absolute atomic E-state index is 13.5. The average Bonchev–Trinajstić information content (AvgIpc) is 3.53. The van der Waals surface area contributed by atoms with Gasteiger partial charge in [0.2, 0.25) is 0 Å². The van der Waals surface area contributed by atoms with Crippen LogP contribution < -0.4 is 11.0 Å². The van der Waals surface area contributed by atoms with Gasteiger partial charge in [-0.2, -0.15) is 4.99 Å². The Morgan fingerprint density at radius 1 is 1.02 bits per heavy atom. The van der Waals surface area contributed by atoms with Crippen LogP contribution in [0, 0.1) is 0 Å². The number of fused-ring (bicyclic) bond motifs is 2. The highest BCUT2D eigenvalue weighted by molar-refractivity contribution is 5.94. The van der Waals surface area contributed by atoms with Gasteiger partial charge in [-0.3, -0.25) is 14.0 Å². The van der Waals surface area contributed by atoms with Crippen molar-refractivity contribution in [3.05, 3.63) is 112 Å². The Labute approximate surface area is 241 Å². The summed E-state index contributed by atoms with van der Waals surface area (Å²) in [6, 6.07) is 24.4. The van der Waals surface area contributed by atoms with Crippen LogP contribution in [0.25, 0.3) is 27.8 Å². The first-order valence-electron chi connectivity index (χ1n) is 14.1. The lowest BCUT2D eigenvalue weighted by atomic mass is 10.0. The van der Waals surface area contributed by atoms with Crippen LogP contribution >= 0.6 is 0 Å². The van der Waals surface area contributed by atoms with E-state index in [2.05, 4.69) is 4.99 Å². The van der Waals surface area contributed by atoms with E-state index in [1.165, 1.54) is 10.5 Å². The van der Waals surface area contributed by atoms with Crippen LogP contribution in [0.5, 0.6) is 0 Å². The van der Waals surface area contributed by atoms with E-state index in [1.54, 1.807) is 35.9 Å². The topological polar surface area (TPSA) is 104 Å². The maximum atomic E-state index is 13.5. The summed E-state index contributed by atoms with van der Waals surface area (Å²) < 4.78 is 14.3. The van der Waals surface area contributed by atoms with E-state index in [9.17, 15) is 14.4 Å². The standard InChI is InChI=1S/C33H30N4O5/c1-2-41-33(40)27-20-26-30(34-28-12-6-7-17-36(28)32(26)39)37(21-25-11-8-18-42-25)31(27)35-29(38)19-22-13-15-24(16-14-22)23-9-4-3-5-10-23/h3-7,9-10,12-17,20,25H,2,8,11,18-19,21H2,1H3/t25-/m0/s1. The van der Waals surface area contributed by atoms with E-state index in [-0.39, 0.29) is 47.7 Å². The van der Waals surface area contributed by atoms with Gasteiger partial charge in [-0.05, 0) is 54.7 Å². The van der Waals surface area contributed by atoms with Gasteiger partial charge < -0.3 is 14.0 Å². The fourth-order valence-electron chi connectivity index (χ4n) is 5.30. The van der Waals surface area contributed by atoms with Crippen LogP contribution in [0.3, 0.4) is 0 Å². The third kappa shape index (κ3) is 5.51. The molecule has 6 rings (SSSR count). The molecular weight excluding hydrogens is 532 g/mol. The van der Waals surface area contributed by atoms with Crippen LogP contribution in [0.4, 0.5) is 0 Å². The SMILES string of the molecule is CCOC(=O)c1cc2c(=O)n3ccccc3nc2n(C[C@@H]2CCCO2)c1=NC(=O)Cc1ccc(-c2ccccc2)cc1. The van der Waals surface area contributed by atoms with Crippen molar-refractivity contribution >= 4 is 28.6 Å². The summed E-state index contributed by atoms with van der Waals surface area (Å²) in [4.78, 5) is 49.4. The van der Waals surface area contributed by atoms with Gasteiger partial charge in [-0.25, -0.2) is 9.78 Å². The van der Waals surface area contributed by atoms with E-state index >= 15 is 0 Å². The predicted molar refractivity (Wildman–Crippen MR) is 158 cm³/mol. The molecule has 0 saturated carbocycles. The number of amides is 1. The second kappa shape index (κ2) is 11.9. The number of hydrogen-bond donors (Lipinski definition) is 0. The second-order valence-electron chi connectivity index (χ2n) is 10.2. The molecule has 42 heavy (non-hydrogen) atoms. The Morgan fingerprint density at radius 2 is 1.79 bits per heavy atom. The van der Waals surface area contributed by atoms with Gasteiger partial charge in [0.05, 0.1) is 31.1 Å². The van der Waals surface area contributed by atoms with Gasteiger partial charge in [0.15, 0.2) is 5.49 Å². The van der Waals surface area contributed by atoms with E-state index in [1.807, 2.05) is 54.6 Å². The summed E-state index contributed by atoms with van der Waals surface area (Å²) in [5.74, 6) is -1.11. The third-order valence-electron chi connectivity index (χ3n) is 7.34. The zero-order chi connectivity index (χ0) is 29.1. The normalized spacial score (nSPS) is 15.4. The van der Waals surface area contributed by atoms with Crippen molar-refractivity contribution in [2.75, 3.05) is 13.2 Å². The summed E-state index contributed by atoms with van der Waals surface area (Å²) in [5.41, 5.74) is 3.49. The van der Waals surface area contributed by atoms with Crippen molar-refractivity contribution in [1.29, 1.82) is 0 Å². The molecule has 9 heteroatoms. The van der Waals surface area contributed by atoms with Crippen molar-refractivity contribution in [1.82, 2.24) is 14.0 Å². The van der Waals surface area contributed by atoms with Gasteiger partial charge in [-0.15, -0.1) is 0 Å². The fraction of sp³-hybridized carbons (Fsp3) is 0.242. The molecule has 0 radical (unpaired) electrons. The van der Waals surface area contributed by atoms with Crippen LogP contribution in [-0.4, -0.2) is 45.1 Å². The Kier molecular flexibility index (Phi) is 7.74. The molecule has 1 aliphatic rings. The number of carbonyl (C=O) groups is 2. The Hall–Kier alpha value is -4.89. The highest BCUT2D eigenvalue weighted by Gasteiger charge is 2.23. The quantitative estimate of drug-likeness (QED) is 0.216. The first-order chi connectivity index (χ1) is 20.5. The molecule has 0 N–H and O–H groups in total. The summed E-state index contributed by atoms with van der Waals surface area (Å²) in [5, 5.41) is 0.225. The van der Waals surface area contributed by atoms with Crippen molar-refractivity contribution in [3.8, 4) is 11.1 Å². The maximum Gasteiger partial charge on any atom is 0.341 e. The van der Waals surface area contributed by atoms with E-state index in [0.29, 0.717) is 17.9 Å². The lowest BCUT2D eigenvalue weighted by molar-refractivity contribution is -0.117. The number of esters is 1. The summed E-state index contributed by atoms with van der Waals surface area (Å²) in [6.45, 7) is 2.71. The first kappa shape index (κ1) is 27.3. The summed E-state index contributed by atoms with van der Waals surface area (Å²) in [6.07, 6.45) is 3.17. The molecule has 1 aliphatic heterocycles. The van der Waals surface area contributed by atoms with Gasteiger partial charge >= 0.3 is 5.97 Å². The number of ether oxygens (including phenoxy) is 2. The Balaban J connectivity index is 1.49. The Morgan fingerprint density at radius 3 is 2.52 bits per heavy atom. The molecule has 0 spiro atoms. The molecule has 3 aromatic heterocycles. The van der Waals surface area contributed by atoms with Crippen molar-refractivity contribution in [2.45, 2.75) is 38.8 Å². The monoisotopic (exact) mass is 562 g/mol. The smallest absolute Gasteiger partial charge is 0.341 e. The number of nitrogens with zero attached hydrogens (tertiary/aromatic N) is 4. The molecule has 212 valence electrons. The van der Waals surface area contributed by atoms with Gasteiger partial charge in [0.25, 0.3) is 11.5 Å². The van der Waals surface area contributed by atoms with Crippen molar-refractivity contribution in [3.63, 3.8) is 0 Å². The molecule has 0 bridgehead atoms. The molecule has 4 heterocycles. The summed E-state index contributed by atoms with van der Waals surface area (Å²) >= 11 is 0. The van der Waals surface area contributed by atoms with Crippen LogP contribution in [-0.2, 0) is 27.2 Å². The number of aromatic nitrogens is 3. The molecule has 0 aliphatic carbocycles. The average molecular weight is 563 g/mol. The molecule has 9 nitrogen and oxygen atoms in total. The van der Waals surface area contributed by atoms with Crippen LogP contribution in [0.2, 0.25) is 0 Å². The number of hydrogen-bond acceptors (Lipinski definition) is 6. The minimum absolute atomic E-state index is 0.0309. The number of pyridine rings is 2. The highest BCUT2D eigenvalue weighted by Crippen LogP contribution is 2.20. The van der Waals surface area contributed by atoms with Gasteiger partial charge in [-0.1, -0.05) is 60.7 Å². The molecule has 1 fully saturated rings. The summed E-state index contributed by atoms with van der Waals surface area (Å²) in [7, 11) is 0. The van der Waals surface area contributed by atoms with Gasteiger partial charge in [0, 0.05) is 12.8 Å². The molecule has 0 unspecified atom stereocenters. The lowest BCUT2D eigenvalue weighted by Gasteiger charge is -2.18. The van der Waals surface area contributed by atoms with Gasteiger partial charge in [0.1, 0.15) is 16.9 Å². The minimum Gasteiger partial charge on any atom is -0.462 e. The first-order valence-corrected chi connectivity index (χ1v) is 14.1. The largest absolute Gasteiger partial charge is 0.462 e. The third-order valence-corrected chi connectivity index (χ3v) is 7.34. The van der Waals surface area contributed by atoms with Crippen LogP contribution in [0.1, 0.15) is 35.7 Å². The zero-order valence-corrected chi connectivity index (χ0v) is 23.2. The Bertz CT molecular complexity index is 1900. The molecule has 1 saturated heterocycles. The molecule has 2 aromatic carbocycles.